The standard InChI is InChI=1S/C73H59BN2OS/c1-71(2,3)47-32-35-49(36-33-47)76-62-43-65-54(51-29-19-21-31-64(51)78-65)39-53(62)56-40-55-50-28-18-20-30-59(50)73(7,8)66(55)68-67(56)74(76)60-41-57-58(70(46-26-16-11-17-27-46)77-69(57)45-24-14-10-15-25-45)42-63(60)75(68)61-37-34-48(72(4,5)6)38-52(61)44-22-12-9-13-23-44/h9-43H,1-8H3. The van der Waals surface area contributed by atoms with E-state index < -0.39 is 0 Å². The summed E-state index contributed by atoms with van der Waals surface area (Å²) in [6.07, 6.45) is 0. The fourth-order valence-corrected chi connectivity index (χ4v) is 14.6. The zero-order valence-corrected chi connectivity index (χ0v) is 46.3. The number of hydrogen-bond donors (Lipinski definition) is 0. The third-order valence-corrected chi connectivity index (χ3v) is 18.5. The van der Waals surface area contributed by atoms with Crippen LogP contribution in [0.4, 0.5) is 28.4 Å². The van der Waals surface area contributed by atoms with Crippen molar-refractivity contribution >= 4 is 88.5 Å². The Bertz CT molecular complexity index is 4420. The Kier molecular flexibility index (Phi) is 10.1. The fraction of sp³-hybridized carbons (Fsp3) is 0.151. The minimum Gasteiger partial charge on any atom is -0.455 e. The van der Waals surface area contributed by atoms with E-state index in [-0.39, 0.29) is 23.1 Å². The summed E-state index contributed by atoms with van der Waals surface area (Å²) in [6, 6.07) is 80.1. The average molecular weight is 1020 g/mol. The van der Waals surface area contributed by atoms with Crippen LogP contribution in [0.5, 0.6) is 0 Å². The van der Waals surface area contributed by atoms with Gasteiger partial charge in [0.2, 0.25) is 0 Å². The molecule has 12 aromatic rings. The van der Waals surface area contributed by atoms with Crippen LogP contribution in [0.2, 0.25) is 0 Å². The highest BCUT2D eigenvalue weighted by Crippen LogP contribution is 2.60. The Morgan fingerprint density at radius 2 is 1.04 bits per heavy atom. The van der Waals surface area contributed by atoms with Gasteiger partial charge in [-0.3, -0.25) is 0 Å². The third kappa shape index (κ3) is 6.90. The lowest BCUT2D eigenvalue weighted by Crippen LogP contribution is -2.62. The van der Waals surface area contributed by atoms with E-state index in [1.54, 1.807) is 0 Å². The molecule has 0 amide bonds. The number of fused-ring (bicyclic) bond motifs is 12. The first-order valence-electron chi connectivity index (χ1n) is 27.6. The van der Waals surface area contributed by atoms with Crippen molar-refractivity contribution in [3.8, 4) is 56.0 Å². The number of rotatable bonds is 5. The molecule has 0 unspecified atom stereocenters. The van der Waals surface area contributed by atoms with Gasteiger partial charge in [-0.1, -0.05) is 213 Å². The van der Waals surface area contributed by atoms with E-state index in [2.05, 4.69) is 277 Å². The van der Waals surface area contributed by atoms with Crippen LogP contribution in [0, 0.1) is 0 Å². The van der Waals surface area contributed by atoms with E-state index in [0.29, 0.717) is 0 Å². The molecule has 0 spiro atoms. The molecule has 376 valence electrons. The SMILES string of the molecule is CC(C)(C)c1ccc(N2B3c4cc5c(-c6ccccc6)oc(-c6ccccc6)c5cc4N(c4ccc(C(C)(C)C)cc4-c4ccccc4)c4c3c(cc3c4C(C)(C)c4ccccc4-3)-c3cc4c(cc32)sc2ccccc24)cc1. The second kappa shape index (κ2) is 16.8. The van der Waals surface area contributed by atoms with Gasteiger partial charge in [0.15, 0.2) is 0 Å². The van der Waals surface area contributed by atoms with E-state index in [1.165, 1.54) is 98.1 Å². The lowest BCUT2D eigenvalue weighted by Gasteiger charge is -2.48. The molecule has 2 aliphatic heterocycles. The molecule has 0 atom stereocenters. The summed E-state index contributed by atoms with van der Waals surface area (Å²) < 4.78 is 9.93. The van der Waals surface area contributed by atoms with Gasteiger partial charge in [0.05, 0.1) is 5.69 Å². The van der Waals surface area contributed by atoms with Crippen LogP contribution in [0.1, 0.15) is 77.6 Å². The van der Waals surface area contributed by atoms with Crippen molar-refractivity contribution in [1.82, 2.24) is 0 Å². The molecule has 1 aliphatic carbocycles. The molecule has 0 radical (unpaired) electrons. The van der Waals surface area contributed by atoms with Gasteiger partial charge in [-0.25, -0.2) is 0 Å². The van der Waals surface area contributed by atoms with Gasteiger partial charge in [-0.2, -0.15) is 0 Å². The summed E-state index contributed by atoms with van der Waals surface area (Å²) in [5.74, 6) is 1.74. The molecular weight excluding hydrogens is 964 g/mol. The minimum atomic E-state index is -0.364. The van der Waals surface area contributed by atoms with Gasteiger partial charge < -0.3 is 14.1 Å². The smallest absolute Gasteiger partial charge is 0.333 e. The number of nitrogens with zero attached hydrogens (tertiary/aromatic N) is 2. The molecule has 3 aliphatic rings. The average Bonchev–Trinajstić information content (AvgIpc) is 3.17. The predicted molar refractivity (Wildman–Crippen MR) is 334 cm³/mol. The highest BCUT2D eigenvalue weighted by atomic mass is 32.1. The van der Waals surface area contributed by atoms with Gasteiger partial charge in [0.25, 0.3) is 0 Å². The molecule has 10 aromatic carbocycles. The minimum absolute atomic E-state index is 0.0172. The molecule has 0 bridgehead atoms. The van der Waals surface area contributed by atoms with E-state index in [4.69, 9.17) is 4.42 Å². The molecule has 5 heteroatoms. The summed E-state index contributed by atoms with van der Waals surface area (Å²) in [5, 5.41) is 4.77. The van der Waals surface area contributed by atoms with Crippen LogP contribution in [0.15, 0.2) is 217 Å². The molecule has 2 aromatic heterocycles. The first-order chi connectivity index (χ1) is 37.7. The first kappa shape index (κ1) is 46.9. The molecule has 0 saturated carbocycles. The van der Waals surface area contributed by atoms with E-state index in [9.17, 15) is 0 Å². The maximum Gasteiger partial charge on any atom is 0.333 e. The normalized spacial score (nSPS) is 14.2. The molecule has 3 nitrogen and oxygen atoms in total. The molecule has 0 fully saturated rings. The number of thiophene rings is 1. The molecule has 4 heterocycles. The highest BCUT2D eigenvalue weighted by Gasteiger charge is 2.51. The number of anilines is 5. The Balaban J connectivity index is 1.16. The van der Waals surface area contributed by atoms with Crippen molar-refractivity contribution in [3.05, 3.63) is 235 Å². The Morgan fingerprint density at radius 3 is 1.72 bits per heavy atom. The molecular formula is C73H59BN2OS. The largest absolute Gasteiger partial charge is 0.455 e. The van der Waals surface area contributed by atoms with Crippen molar-refractivity contribution in [1.29, 1.82) is 0 Å². The van der Waals surface area contributed by atoms with Gasteiger partial charge in [-0.05, 0) is 121 Å². The van der Waals surface area contributed by atoms with Crippen LogP contribution >= 0.6 is 11.3 Å². The van der Waals surface area contributed by atoms with Crippen molar-refractivity contribution in [2.24, 2.45) is 0 Å². The monoisotopic (exact) mass is 1020 g/mol. The van der Waals surface area contributed by atoms with Gasteiger partial charge in [-0.15, -0.1) is 11.3 Å². The maximum atomic E-state index is 7.34. The Morgan fingerprint density at radius 1 is 0.436 bits per heavy atom. The van der Waals surface area contributed by atoms with Gasteiger partial charge in [0, 0.05) is 81.4 Å². The van der Waals surface area contributed by atoms with Crippen LogP contribution in [-0.2, 0) is 16.2 Å². The van der Waals surface area contributed by atoms with E-state index in [0.717, 1.165) is 50.5 Å². The van der Waals surface area contributed by atoms with Crippen LogP contribution in [-0.4, -0.2) is 6.85 Å². The lowest BCUT2D eigenvalue weighted by atomic mass is 9.42. The van der Waals surface area contributed by atoms with E-state index in [1.807, 2.05) is 11.3 Å². The Labute approximate surface area is 462 Å². The summed E-state index contributed by atoms with van der Waals surface area (Å²) in [7, 11) is 0. The van der Waals surface area contributed by atoms with Crippen LogP contribution < -0.4 is 20.6 Å². The topological polar surface area (TPSA) is 19.6 Å². The molecule has 0 saturated heterocycles. The van der Waals surface area contributed by atoms with E-state index >= 15 is 0 Å². The van der Waals surface area contributed by atoms with Crippen molar-refractivity contribution < 1.29 is 4.42 Å². The molecule has 0 N–H and O–H groups in total. The predicted octanol–water partition coefficient (Wildman–Crippen LogP) is 19.4. The second-order valence-corrected chi connectivity index (χ2v) is 25.5. The molecule has 78 heavy (non-hydrogen) atoms. The van der Waals surface area contributed by atoms with Crippen LogP contribution in [0.25, 0.3) is 87.0 Å². The number of benzene rings is 10. The zero-order valence-electron chi connectivity index (χ0n) is 45.5. The summed E-state index contributed by atoms with van der Waals surface area (Å²) >= 11 is 1.90. The highest BCUT2D eigenvalue weighted by molar-refractivity contribution is 7.25. The maximum absolute atomic E-state index is 7.34. The van der Waals surface area contributed by atoms with Crippen molar-refractivity contribution in [3.63, 3.8) is 0 Å². The van der Waals surface area contributed by atoms with Crippen LogP contribution in [0.3, 0.4) is 0 Å². The fourth-order valence-electron chi connectivity index (χ4n) is 13.4. The summed E-state index contributed by atoms with van der Waals surface area (Å²) in [5.41, 5.74) is 22.9. The summed E-state index contributed by atoms with van der Waals surface area (Å²) in [4.78, 5) is 5.42. The number of hydrogen-bond acceptors (Lipinski definition) is 4. The quantitative estimate of drug-likeness (QED) is 0.160. The lowest BCUT2D eigenvalue weighted by molar-refractivity contribution is 0.590. The van der Waals surface area contributed by atoms with Gasteiger partial charge in [0.1, 0.15) is 11.5 Å². The summed E-state index contributed by atoms with van der Waals surface area (Å²) in [6.45, 7) is 18.6. The zero-order chi connectivity index (χ0) is 53.0. The third-order valence-electron chi connectivity index (χ3n) is 17.3. The second-order valence-electron chi connectivity index (χ2n) is 24.4. The van der Waals surface area contributed by atoms with Gasteiger partial charge >= 0.3 is 6.85 Å². The number of furan rings is 1. The van der Waals surface area contributed by atoms with Crippen molar-refractivity contribution in [2.45, 2.75) is 71.6 Å². The van der Waals surface area contributed by atoms with Crippen molar-refractivity contribution in [2.75, 3.05) is 9.71 Å². The Hall–Kier alpha value is -8.38. The molecule has 15 rings (SSSR count). The first-order valence-corrected chi connectivity index (χ1v) is 28.4.